The number of ether oxygens (including phenoxy) is 3. The Balaban J connectivity index is 1.44. The summed E-state index contributed by atoms with van der Waals surface area (Å²) in [5.74, 6) is 0.397. The quantitative estimate of drug-likeness (QED) is 0.414. The molecule has 2 N–H and O–H groups in total. The van der Waals surface area contributed by atoms with Gasteiger partial charge in [0.1, 0.15) is 6.10 Å². The third-order valence-electron chi connectivity index (χ3n) is 7.90. The summed E-state index contributed by atoms with van der Waals surface area (Å²) in [6.07, 6.45) is 19.1. The molecule has 6 nitrogen and oxygen atoms in total. The molecule has 4 rings (SSSR count). The minimum absolute atomic E-state index is 0.00909. The van der Waals surface area contributed by atoms with Crippen LogP contribution in [0.1, 0.15) is 65.7 Å². The zero-order valence-corrected chi connectivity index (χ0v) is 22.7. The van der Waals surface area contributed by atoms with Crippen LogP contribution in [0.25, 0.3) is 0 Å². The number of fused-ring (bicyclic) bond motifs is 3. The normalized spacial score (nSPS) is 39.6. The number of hydrogen-bond donors (Lipinski definition) is 2. The summed E-state index contributed by atoms with van der Waals surface area (Å²) in [6, 6.07) is -0.117. The highest BCUT2D eigenvalue weighted by atomic mass is 16.6. The number of amides is 1. The van der Waals surface area contributed by atoms with Crippen molar-refractivity contribution in [3.8, 4) is 0 Å². The van der Waals surface area contributed by atoms with E-state index in [4.69, 9.17) is 14.2 Å². The van der Waals surface area contributed by atoms with E-state index in [1.807, 2.05) is 6.08 Å². The average molecular weight is 512 g/mol. The van der Waals surface area contributed by atoms with Crippen LogP contribution in [0.15, 0.2) is 60.3 Å². The Bertz CT molecular complexity index is 921. The minimum atomic E-state index is -0.575. The van der Waals surface area contributed by atoms with Gasteiger partial charge in [-0.25, -0.2) is 0 Å². The molecule has 4 aliphatic rings. The van der Waals surface area contributed by atoms with Gasteiger partial charge in [-0.3, -0.25) is 4.79 Å². The number of hydrogen-bond acceptors (Lipinski definition) is 5. The van der Waals surface area contributed by atoms with Crippen molar-refractivity contribution in [1.82, 2.24) is 5.32 Å². The number of carbonyl (C=O) groups excluding carboxylic acids is 1. The Morgan fingerprint density at radius 3 is 2.81 bits per heavy atom. The van der Waals surface area contributed by atoms with E-state index in [0.717, 1.165) is 31.3 Å². The lowest BCUT2D eigenvalue weighted by Gasteiger charge is -2.28. The second kappa shape index (κ2) is 13.2. The molecule has 2 bridgehead atoms. The zero-order valence-electron chi connectivity index (χ0n) is 22.7. The molecule has 0 aliphatic carbocycles. The van der Waals surface area contributed by atoms with E-state index in [-0.39, 0.29) is 48.4 Å². The molecular weight excluding hydrogens is 466 g/mol. The number of aliphatic hydroxyl groups excluding tert-OH is 1. The Labute approximate surface area is 222 Å². The van der Waals surface area contributed by atoms with Gasteiger partial charge in [0.05, 0.1) is 37.1 Å². The lowest BCUT2D eigenvalue weighted by Crippen LogP contribution is -2.39. The van der Waals surface area contributed by atoms with Crippen molar-refractivity contribution in [2.75, 3.05) is 6.61 Å². The lowest BCUT2D eigenvalue weighted by atomic mass is 9.90. The third-order valence-corrected chi connectivity index (χ3v) is 7.90. The van der Waals surface area contributed by atoms with E-state index in [0.29, 0.717) is 31.8 Å². The molecular formula is C31H45NO5. The van der Waals surface area contributed by atoms with Crippen molar-refractivity contribution < 1.29 is 24.1 Å². The summed E-state index contributed by atoms with van der Waals surface area (Å²) in [6.45, 7) is 11.3. The molecule has 1 fully saturated rings. The second-order valence-electron chi connectivity index (χ2n) is 11.5. The zero-order chi connectivity index (χ0) is 26.4. The summed E-state index contributed by atoms with van der Waals surface area (Å²) in [7, 11) is 0. The van der Waals surface area contributed by atoms with E-state index >= 15 is 0 Å². The number of epoxide rings is 1. The monoisotopic (exact) mass is 511 g/mol. The van der Waals surface area contributed by atoms with Crippen LogP contribution < -0.4 is 5.32 Å². The minimum Gasteiger partial charge on any atom is -0.390 e. The maximum atomic E-state index is 12.9. The summed E-state index contributed by atoms with van der Waals surface area (Å²) in [5, 5.41) is 14.0. The second-order valence-corrected chi connectivity index (χ2v) is 11.5. The summed E-state index contributed by atoms with van der Waals surface area (Å²) in [4.78, 5) is 12.9. The highest BCUT2D eigenvalue weighted by Gasteiger charge is 2.46. The van der Waals surface area contributed by atoms with E-state index in [9.17, 15) is 9.90 Å². The van der Waals surface area contributed by atoms with Gasteiger partial charge in [-0.05, 0) is 69.8 Å². The van der Waals surface area contributed by atoms with E-state index in [1.54, 1.807) is 6.08 Å². The summed E-state index contributed by atoms with van der Waals surface area (Å²) < 4.78 is 18.0. The molecule has 6 heteroatoms. The summed E-state index contributed by atoms with van der Waals surface area (Å²) in [5.41, 5.74) is 2.39. The molecule has 0 radical (unpaired) electrons. The van der Waals surface area contributed by atoms with Crippen LogP contribution in [0.2, 0.25) is 0 Å². The lowest BCUT2D eigenvalue weighted by molar-refractivity contribution is -0.117. The Morgan fingerprint density at radius 2 is 2.00 bits per heavy atom. The van der Waals surface area contributed by atoms with Crippen LogP contribution in [0.5, 0.6) is 0 Å². The molecule has 0 unspecified atom stereocenters. The van der Waals surface area contributed by atoms with Gasteiger partial charge in [0.25, 0.3) is 0 Å². The molecule has 0 aromatic rings. The predicted molar refractivity (Wildman–Crippen MR) is 146 cm³/mol. The van der Waals surface area contributed by atoms with Crippen molar-refractivity contribution in [2.45, 2.75) is 108 Å². The van der Waals surface area contributed by atoms with Crippen LogP contribution >= 0.6 is 0 Å². The fraction of sp³-hybridized carbons (Fsp3) is 0.645. The number of aliphatic hydroxyl groups is 1. The van der Waals surface area contributed by atoms with Gasteiger partial charge in [0, 0.05) is 6.04 Å². The van der Waals surface area contributed by atoms with E-state index in [2.05, 4.69) is 63.0 Å². The third kappa shape index (κ3) is 8.78. The number of carbonyl (C=O) groups is 1. The largest absolute Gasteiger partial charge is 0.390 e. The predicted octanol–water partition coefficient (Wildman–Crippen LogP) is 4.95. The standard InChI is InChI=1S/C31H45NO5/c1-20-13-14-35-25(16-20)12-11-23(4)27-19-29-31(37-29)28(33)18-22(3)15-21(2)17-26-9-5-7-24(36-26)8-6-10-30(34)32-27/h5-7,10-13,21,23-29,31,33H,3,8-9,14-19H2,1-2,4H3,(H,32,34)/b10-6-,12-11+/t21-,23-,24-,25+,26-,27-,28-,29+,31-/m0/s1. The first-order valence-electron chi connectivity index (χ1n) is 14.0. The van der Waals surface area contributed by atoms with Crippen molar-refractivity contribution in [3.05, 3.63) is 60.3 Å². The van der Waals surface area contributed by atoms with Gasteiger partial charge in [-0.1, -0.05) is 68.0 Å². The number of nitrogens with one attached hydrogen (secondary N) is 1. The fourth-order valence-corrected chi connectivity index (χ4v) is 5.75. The maximum Gasteiger partial charge on any atom is 0.243 e. The van der Waals surface area contributed by atoms with Gasteiger partial charge in [-0.2, -0.15) is 0 Å². The van der Waals surface area contributed by atoms with Crippen LogP contribution in [0.3, 0.4) is 0 Å². The molecule has 9 atom stereocenters. The molecule has 0 saturated carbocycles. The Hall–Kier alpha value is -1.99. The van der Waals surface area contributed by atoms with Gasteiger partial charge in [0.15, 0.2) is 0 Å². The van der Waals surface area contributed by atoms with Crippen molar-refractivity contribution in [3.63, 3.8) is 0 Å². The van der Waals surface area contributed by atoms with Crippen LogP contribution in [-0.4, -0.2) is 60.3 Å². The van der Waals surface area contributed by atoms with E-state index in [1.165, 1.54) is 5.57 Å². The van der Waals surface area contributed by atoms with Crippen molar-refractivity contribution in [1.29, 1.82) is 0 Å². The molecule has 1 saturated heterocycles. The van der Waals surface area contributed by atoms with Gasteiger partial charge < -0.3 is 24.6 Å². The smallest absolute Gasteiger partial charge is 0.243 e. The molecule has 4 heterocycles. The van der Waals surface area contributed by atoms with Crippen LogP contribution in [-0.2, 0) is 19.0 Å². The van der Waals surface area contributed by atoms with Crippen LogP contribution in [0.4, 0.5) is 0 Å². The molecule has 0 spiro atoms. The molecule has 37 heavy (non-hydrogen) atoms. The Morgan fingerprint density at radius 1 is 1.16 bits per heavy atom. The van der Waals surface area contributed by atoms with E-state index < -0.39 is 6.10 Å². The van der Waals surface area contributed by atoms with Crippen molar-refractivity contribution in [2.24, 2.45) is 11.8 Å². The van der Waals surface area contributed by atoms with Crippen LogP contribution in [0, 0.1) is 11.8 Å². The SMILES string of the molecule is C=C1C[C@H](C)C[C@@H]2CC=C[C@@H](C/C=C\C(=O)N[C@H]([C@@H](C)/C=C/[C@@H]3CC(C)=CCO3)C[C@H]3O[C@H]3[C@@H](O)C1)O2. The topological polar surface area (TPSA) is 80.3 Å². The first-order chi connectivity index (χ1) is 17.8. The van der Waals surface area contributed by atoms with Gasteiger partial charge in [0.2, 0.25) is 5.91 Å². The molecule has 0 aromatic heterocycles. The van der Waals surface area contributed by atoms with Crippen molar-refractivity contribution >= 4 is 5.91 Å². The highest BCUT2D eigenvalue weighted by Crippen LogP contribution is 2.34. The molecule has 0 aromatic carbocycles. The first kappa shape index (κ1) is 28.0. The van der Waals surface area contributed by atoms with Gasteiger partial charge >= 0.3 is 0 Å². The maximum absolute atomic E-state index is 12.9. The Kier molecular flexibility index (Phi) is 9.99. The fourth-order valence-electron chi connectivity index (χ4n) is 5.75. The summed E-state index contributed by atoms with van der Waals surface area (Å²) >= 11 is 0. The molecule has 204 valence electrons. The first-order valence-corrected chi connectivity index (χ1v) is 14.0. The molecule has 4 aliphatic heterocycles. The highest BCUT2D eigenvalue weighted by molar-refractivity contribution is 5.87. The number of rotatable bonds is 3. The van der Waals surface area contributed by atoms with Gasteiger partial charge in [-0.15, -0.1) is 0 Å². The average Bonchev–Trinajstić information content (AvgIpc) is 3.61. The molecule has 1 amide bonds.